The molecule has 0 aromatic heterocycles. The van der Waals surface area contributed by atoms with Gasteiger partial charge in [-0.1, -0.05) is 0 Å². The lowest BCUT2D eigenvalue weighted by atomic mass is 9.86. The minimum absolute atomic E-state index is 0.222. The third kappa shape index (κ3) is 2.61. The highest BCUT2D eigenvalue weighted by Gasteiger charge is 2.40. The summed E-state index contributed by atoms with van der Waals surface area (Å²) in [5.41, 5.74) is -0.331. The zero-order chi connectivity index (χ0) is 10.1. The smallest absolute Gasteiger partial charge is 0.319 e. The standard InChI is InChI=1S/C9H17NO2S/c1-6(13)8(11)12-9(2,3)7-4-10-5-7/h6-7,10,13H,4-5H2,1-3H3/p+1. The van der Waals surface area contributed by atoms with Crippen molar-refractivity contribution in [1.29, 1.82) is 0 Å². The van der Waals surface area contributed by atoms with Gasteiger partial charge in [-0.2, -0.15) is 12.6 Å². The number of carbonyl (C=O) groups is 1. The van der Waals surface area contributed by atoms with E-state index in [0.29, 0.717) is 5.92 Å². The van der Waals surface area contributed by atoms with Crippen LogP contribution in [-0.2, 0) is 9.53 Å². The van der Waals surface area contributed by atoms with Crippen molar-refractivity contribution >= 4 is 18.6 Å². The molecule has 0 amide bonds. The number of quaternary nitrogens is 1. The number of hydrogen-bond acceptors (Lipinski definition) is 3. The molecule has 1 aliphatic rings. The number of nitrogens with two attached hydrogens (primary N) is 1. The average molecular weight is 204 g/mol. The highest BCUT2D eigenvalue weighted by atomic mass is 32.1. The van der Waals surface area contributed by atoms with Crippen LogP contribution in [0.4, 0.5) is 0 Å². The van der Waals surface area contributed by atoms with E-state index < -0.39 is 0 Å². The summed E-state index contributed by atoms with van der Waals surface area (Å²) in [5.74, 6) is 0.267. The number of thiol groups is 1. The summed E-state index contributed by atoms with van der Waals surface area (Å²) in [4.78, 5) is 11.3. The Morgan fingerprint density at radius 2 is 2.15 bits per heavy atom. The Kier molecular flexibility index (Phi) is 3.24. The van der Waals surface area contributed by atoms with Crippen LogP contribution < -0.4 is 5.32 Å². The van der Waals surface area contributed by atoms with Gasteiger partial charge in [0.25, 0.3) is 0 Å². The van der Waals surface area contributed by atoms with E-state index in [4.69, 9.17) is 4.74 Å². The number of carbonyl (C=O) groups excluding carboxylic acids is 1. The molecule has 1 saturated heterocycles. The minimum atomic E-state index is -0.331. The molecule has 76 valence electrons. The maximum Gasteiger partial charge on any atom is 0.319 e. The lowest BCUT2D eigenvalue weighted by Gasteiger charge is -2.37. The monoisotopic (exact) mass is 204 g/mol. The second-order valence-electron chi connectivity index (χ2n) is 4.16. The Morgan fingerprint density at radius 3 is 2.46 bits per heavy atom. The van der Waals surface area contributed by atoms with Crippen LogP contribution >= 0.6 is 12.6 Å². The van der Waals surface area contributed by atoms with Crippen LogP contribution in [0.2, 0.25) is 0 Å². The summed E-state index contributed by atoms with van der Waals surface area (Å²) in [7, 11) is 0. The van der Waals surface area contributed by atoms with Crippen molar-refractivity contribution in [2.24, 2.45) is 5.92 Å². The third-order valence-electron chi connectivity index (χ3n) is 2.59. The van der Waals surface area contributed by atoms with Crippen molar-refractivity contribution in [2.45, 2.75) is 31.6 Å². The van der Waals surface area contributed by atoms with E-state index in [1.54, 1.807) is 6.92 Å². The van der Waals surface area contributed by atoms with Gasteiger partial charge >= 0.3 is 5.97 Å². The first-order valence-corrected chi connectivity index (χ1v) is 5.17. The zero-order valence-corrected chi connectivity index (χ0v) is 9.30. The normalized spacial score (nSPS) is 20.6. The lowest BCUT2D eigenvalue weighted by Crippen LogP contribution is -2.98. The quantitative estimate of drug-likeness (QED) is 0.495. The van der Waals surface area contributed by atoms with Crippen molar-refractivity contribution < 1.29 is 14.8 Å². The molecule has 0 radical (unpaired) electrons. The van der Waals surface area contributed by atoms with Gasteiger partial charge in [-0.15, -0.1) is 0 Å². The van der Waals surface area contributed by atoms with Crippen LogP contribution in [0, 0.1) is 5.92 Å². The molecule has 13 heavy (non-hydrogen) atoms. The van der Waals surface area contributed by atoms with Gasteiger partial charge in [-0.25, -0.2) is 0 Å². The van der Waals surface area contributed by atoms with Crippen LogP contribution in [-0.4, -0.2) is 29.9 Å². The topological polar surface area (TPSA) is 42.9 Å². The lowest BCUT2D eigenvalue weighted by molar-refractivity contribution is -0.728. The van der Waals surface area contributed by atoms with Crippen molar-refractivity contribution in [3.05, 3.63) is 0 Å². The van der Waals surface area contributed by atoms with Crippen molar-refractivity contribution in [3.63, 3.8) is 0 Å². The first-order chi connectivity index (χ1) is 5.93. The molecule has 1 heterocycles. The van der Waals surface area contributed by atoms with E-state index in [2.05, 4.69) is 17.9 Å². The molecule has 0 saturated carbocycles. The molecular formula is C9H18NO2S+. The van der Waals surface area contributed by atoms with Gasteiger partial charge in [0, 0.05) is 0 Å². The average Bonchev–Trinajstić information content (AvgIpc) is 1.79. The van der Waals surface area contributed by atoms with E-state index in [0.717, 1.165) is 13.1 Å². The number of rotatable bonds is 3. The molecule has 0 aliphatic carbocycles. The van der Waals surface area contributed by atoms with Gasteiger partial charge in [-0.05, 0) is 20.8 Å². The maximum absolute atomic E-state index is 11.3. The van der Waals surface area contributed by atoms with Crippen molar-refractivity contribution in [2.75, 3.05) is 13.1 Å². The molecule has 4 heteroatoms. The molecule has 0 spiro atoms. The molecular weight excluding hydrogens is 186 g/mol. The first kappa shape index (κ1) is 10.9. The molecule has 3 nitrogen and oxygen atoms in total. The Balaban J connectivity index is 2.45. The van der Waals surface area contributed by atoms with Crippen LogP contribution in [0.25, 0.3) is 0 Å². The minimum Gasteiger partial charge on any atom is -0.458 e. The molecule has 1 unspecified atom stereocenters. The summed E-state index contributed by atoms with van der Waals surface area (Å²) in [6.07, 6.45) is 0. The predicted molar refractivity (Wildman–Crippen MR) is 53.8 cm³/mol. The fourth-order valence-corrected chi connectivity index (χ4v) is 1.38. The molecule has 1 aliphatic heterocycles. The summed E-state index contributed by atoms with van der Waals surface area (Å²) in [6.45, 7) is 7.79. The second kappa shape index (κ2) is 3.88. The van der Waals surface area contributed by atoms with E-state index in [1.165, 1.54) is 0 Å². The second-order valence-corrected chi connectivity index (χ2v) is 4.93. The Morgan fingerprint density at radius 1 is 1.62 bits per heavy atom. The largest absolute Gasteiger partial charge is 0.458 e. The fourth-order valence-electron chi connectivity index (χ4n) is 1.33. The SMILES string of the molecule is CC(S)C(=O)OC(C)(C)C1C[NH2+]C1. The van der Waals surface area contributed by atoms with Crippen LogP contribution in [0.5, 0.6) is 0 Å². The van der Waals surface area contributed by atoms with E-state index >= 15 is 0 Å². The molecule has 2 N–H and O–H groups in total. The van der Waals surface area contributed by atoms with Crippen molar-refractivity contribution in [1.82, 2.24) is 0 Å². The van der Waals surface area contributed by atoms with Gasteiger partial charge in [0.2, 0.25) is 0 Å². The Bertz CT molecular complexity index is 200. The predicted octanol–water partition coefficient (Wildman–Crippen LogP) is -0.180. The van der Waals surface area contributed by atoms with Crippen LogP contribution in [0.1, 0.15) is 20.8 Å². The third-order valence-corrected chi connectivity index (χ3v) is 2.80. The number of ether oxygens (including phenoxy) is 1. The molecule has 1 rings (SSSR count). The molecule has 0 bridgehead atoms. The fraction of sp³-hybridized carbons (Fsp3) is 0.889. The van der Waals surface area contributed by atoms with Gasteiger partial charge in [0.05, 0.1) is 24.3 Å². The Hall–Kier alpha value is -0.220. The zero-order valence-electron chi connectivity index (χ0n) is 8.41. The summed E-state index contributed by atoms with van der Waals surface area (Å²) in [5, 5.41) is 1.88. The highest BCUT2D eigenvalue weighted by Crippen LogP contribution is 2.22. The number of hydrogen-bond donors (Lipinski definition) is 2. The molecule has 0 aromatic rings. The van der Waals surface area contributed by atoms with Gasteiger partial charge in [0.15, 0.2) is 0 Å². The molecule has 1 fully saturated rings. The molecule has 0 aromatic carbocycles. The van der Waals surface area contributed by atoms with E-state index in [9.17, 15) is 4.79 Å². The van der Waals surface area contributed by atoms with Crippen LogP contribution in [0.15, 0.2) is 0 Å². The highest BCUT2D eigenvalue weighted by molar-refractivity contribution is 7.81. The van der Waals surface area contributed by atoms with Gasteiger partial charge in [0.1, 0.15) is 5.60 Å². The van der Waals surface area contributed by atoms with Gasteiger partial charge < -0.3 is 10.1 Å². The maximum atomic E-state index is 11.3. The van der Waals surface area contributed by atoms with Crippen LogP contribution in [0.3, 0.4) is 0 Å². The number of esters is 1. The molecule has 1 atom stereocenters. The van der Waals surface area contributed by atoms with E-state index in [-0.39, 0.29) is 16.8 Å². The summed E-state index contributed by atoms with van der Waals surface area (Å²) >= 11 is 4.04. The van der Waals surface area contributed by atoms with Crippen molar-refractivity contribution in [3.8, 4) is 0 Å². The van der Waals surface area contributed by atoms with E-state index in [1.807, 2.05) is 13.8 Å². The Labute approximate surface area is 84.6 Å². The first-order valence-electron chi connectivity index (χ1n) is 4.66. The summed E-state index contributed by atoms with van der Waals surface area (Å²) in [6, 6.07) is 0. The van der Waals surface area contributed by atoms with Gasteiger partial charge in [-0.3, -0.25) is 4.79 Å². The summed E-state index contributed by atoms with van der Waals surface area (Å²) < 4.78 is 5.37.